The number of Topliss-reactive ketones (excluding diaryl/α,β-unsaturated/α-hetero) is 1. The van der Waals surface area contributed by atoms with Gasteiger partial charge in [-0.2, -0.15) is 0 Å². The molecule has 0 aliphatic heterocycles. The Kier molecular flexibility index (Phi) is 4.89. The number of aromatic nitrogens is 2. The molecule has 0 spiro atoms. The number of furan rings is 1. The molecule has 30 heavy (non-hydrogen) atoms. The second-order valence-electron chi connectivity index (χ2n) is 7.17. The lowest BCUT2D eigenvalue weighted by Gasteiger charge is -2.07. The van der Waals surface area contributed by atoms with E-state index in [4.69, 9.17) is 4.42 Å². The minimum absolute atomic E-state index is 0.0501. The fourth-order valence-electron chi connectivity index (χ4n) is 3.40. The number of nitrogens with zero attached hydrogens (tertiary/aromatic N) is 2. The molecule has 3 heterocycles. The van der Waals surface area contributed by atoms with Crippen LogP contribution in [0.1, 0.15) is 21.7 Å². The van der Waals surface area contributed by atoms with Gasteiger partial charge in [-0.05, 0) is 42.7 Å². The molecule has 5 aromatic rings. The second kappa shape index (κ2) is 7.70. The highest BCUT2D eigenvalue weighted by Crippen LogP contribution is 2.38. The van der Waals surface area contributed by atoms with Gasteiger partial charge >= 0.3 is 0 Å². The Bertz CT molecular complexity index is 1370. The van der Waals surface area contributed by atoms with E-state index >= 15 is 0 Å². The van der Waals surface area contributed by atoms with Gasteiger partial charge in [-0.1, -0.05) is 48.2 Å². The number of hydrogen-bond acceptors (Lipinski definition) is 6. The molecule has 0 bridgehead atoms. The normalized spacial score (nSPS) is 11.4. The number of aryl methyl sites for hydroxylation is 2. The van der Waals surface area contributed by atoms with Gasteiger partial charge in [0.2, 0.25) is 5.78 Å². The third kappa shape index (κ3) is 3.42. The van der Waals surface area contributed by atoms with E-state index in [0.29, 0.717) is 5.76 Å². The van der Waals surface area contributed by atoms with Crippen LogP contribution in [0, 0.1) is 13.8 Å². The molecule has 0 radical (unpaired) electrons. The molecule has 5 rings (SSSR count). The maximum Gasteiger partial charge on any atom is 0.208 e. The average Bonchev–Trinajstić information content (AvgIpc) is 3.38. The Balaban J connectivity index is 1.46. The van der Waals surface area contributed by atoms with Crippen LogP contribution in [0.4, 0.5) is 0 Å². The molecule has 0 amide bonds. The fraction of sp³-hybridized carbons (Fsp3) is 0.125. The summed E-state index contributed by atoms with van der Waals surface area (Å²) in [6.45, 7) is 4.23. The summed E-state index contributed by atoms with van der Waals surface area (Å²) in [5, 5.41) is 4.88. The molecule has 6 heteroatoms. The van der Waals surface area contributed by atoms with E-state index in [1.165, 1.54) is 22.9 Å². The summed E-state index contributed by atoms with van der Waals surface area (Å²) in [7, 11) is 0. The summed E-state index contributed by atoms with van der Waals surface area (Å²) >= 11 is 3.03. The minimum Gasteiger partial charge on any atom is -0.453 e. The van der Waals surface area contributed by atoms with Gasteiger partial charge < -0.3 is 4.42 Å². The van der Waals surface area contributed by atoms with Crippen molar-refractivity contribution in [2.75, 3.05) is 5.75 Å². The first-order valence-electron chi connectivity index (χ1n) is 9.54. The number of ketones is 1. The number of hydrogen-bond donors (Lipinski definition) is 0. The van der Waals surface area contributed by atoms with Gasteiger partial charge in [-0.15, -0.1) is 11.3 Å². The van der Waals surface area contributed by atoms with Gasteiger partial charge in [0.25, 0.3) is 0 Å². The number of thiophene rings is 1. The molecular weight excluding hydrogens is 412 g/mol. The molecule has 0 saturated carbocycles. The van der Waals surface area contributed by atoms with Crippen LogP contribution in [0.25, 0.3) is 32.3 Å². The van der Waals surface area contributed by atoms with Crippen molar-refractivity contribution < 1.29 is 9.21 Å². The lowest BCUT2D eigenvalue weighted by Crippen LogP contribution is -2.01. The summed E-state index contributed by atoms with van der Waals surface area (Å²) < 4.78 is 5.71. The number of carbonyl (C=O) groups is 1. The van der Waals surface area contributed by atoms with Crippen molar-refractivity contribution in [3.8, 4) is 11.1 Å². The van der Waals surface area contributed by atoms with Gasteiger partial charge in [0.1, 0.15) is 21.8 Å². The third-order valence-corrected chi connectivity index (χ3v) is 7.07. The highest BCUT2D eigenvalue weighted by atomic mass is 32.2. The first-order chi connectivity index (χ1) is 14.6. The Morgan fingerprint density at radius 1 is 1.07 bits per heavy atom. The summed E-state index contributed by atoms with van der Waals surface area (Å²) in [6.07, 6.45) is 1.57. The zero-order chi connectivity index (χ0) is 20.7. The molecule has 0 N–H and O–H groups in total. The molecule has 0 unspecified atom stereocenters. The number of carbonyl (C=O) groups excluding carboxylic acids is 1. The number of rotatable bonds is 5. The number of thioether (sulfide) groups is 1. The molecule has 0 atom stereocenters. The lowest BCUT2D eigenvalue weighted by atomic mass is 10.0. The standard InChI is InChI=1S/C24H18N2O2S2/c1-14-7-8-16(9-15(14)2)18-11-29-23-22(18)24(26-13-25-23)30-12-19(27)21-10-17-5-3-4-6-20(17)28-21/h3-11,13H,12H2,1-2H3. The van der Waals surface area contributed by atoms with Crippen LogP contribution >= 0.6 is 23.1 Å². The molecule has 4 nitrogen and oxygen atoms in total. The molecule has 0 aliphatic carbocycles. The first kappa shape index (κ1) is 19.0. The van der Waals surface area contributed by atoms with Gasteiger partial charge in [0.15, 0.2) is 5.76 Å². The van der Waals surface area contributed by atoms with Crippen LogP contribution in [0.3, 0.4) is 0 Å². The van der Waals surface area contributed by atoms with Gasteiger partial charge in [-0.3, -0.25) is 4.79 Å². The molecule has 3 aromatic heterocycles. The molecule has 0 saturated heterocycles. The molecule has 0 aliphatic rings. The summed E-state index contributed by atoms with van der Waals surface area (Å²) in [6, 6.07) is 15.9. The highest BCUT2D eigenvalue weighted by molar-refractivity contribution is 8.00. The predicted molar refractivity (Wildman–Crippen MR) is 124 cm³/mol. The van der Waals surface area contributed by atoms with Gasteiger partial charge in [0.05, 0.1) is 11.1 Å². The number of benzene rings is 2. The molecule has 2 aromatic carbocycles. The predicted octanol–water partition coefficient (Wildman–Crippen LogP) is 6.70. The lowest BCUT2D eigenvalue weighted by molar-refractivity contribution is 0.0994. The summed E-state index contributed by atoms with van der Waals surface area (Å²) in [5.74, 6) is 0.591. The van der Waals surface area contributed by atoms with Crippen molar-refractivity contribution in [2.24, 2.45) is 0 Å². The van der Waals surface area contributed by atoms with E-state index in [0.717, 1.165) is 37.3 Å². The topological polar surface area (TPSA) is 56.0 Å². The number of fused-ring (bicyclic) bond motifs is 2. The van der Waals surface area contributed by atoms with E-state index in [1.54, 1.807) is 23.7 Å². The first-order valence-corrected chi connectivity index (χ1v) is 11.4. The quantitative estimate of drug-likeness (QED) is 0.176. The average molecular weight is 431 g/mol. The SMILES string of the molecule is Cc1ccc(-c2csc3ncnc(SCC(=O)c4cc5ccccc5o4)c23)cc1C. The van der Waals surface area contributed by atoms with Crippen molar-refractivity contribution in [3.63, 3.8) is 0 Å². The van der Waals surface area contributed by atoms with Crippen molar-refractivity contribution in [1.82, 2.24) is 9.97 Å². The molecule has 148 valence electrons. The van der Waals surface area contributed by atoms with Gasteiger partial charge in [0, 0.05) is 16.3 Å². The Hall–Kier alpha value is -2.96. The monoisotopic (exact) mass is 430 g/mol. The summed E-state index contributed by atoms with van der Waals surface area (Å²) in [4.78, 5) is 22.6. The zero-order valence-corrected chi connectivity index (χ0v) is 18.1. The van der Waals surface area contributed by atoms with E-state index in [2.05, 4.69) is 47.4 Å². The van der Waals surface area contributed by atoms with Crippen molar-refractivity contribution in [1.29, 1.82) is 0 Å². The Morgan fingerprint density at radius 2 is 1.93 bits per heavy atom. The molecular formula is C24H18N2O2S2. The second-order valence-corrected chi connectivity index (χ2v) is 8.99. The molecule has 0 fully saturated rings. The van der Waals surface area contributed by atoms with Crippen LogP contribution < -0.4 is 0 Å². The highest BCUT2D eigenvalue weighted by Gasteiger charge is 2.17. The minimum atomic E-state index is -0.0501. The van der Waals surface area contributed by atoms with Crippen LogP contribution in [0.15, 0.2) is 69.7 Å². The van der Waals surface area contributed by atoms with Crippen molar-refractivity contribution in [3.05, 3.63) is 77.1 Å². The summed E-state index contributed by atoms with van der Waals surface area (Å²) in [5.41, 5.74) is 5.49. The zero-order valence-electron chi connectivity index (χ0n) is 16.5. The van der Waals surface area contributed by atoms with Crippen LogP contribution in [0.2, 0.25) is 0 Å². The van der Waals surface area contributed by atoms with Crippen molar-refractivity contribution in [2.45, 2.75) is 18.9 Å². The Labute approximate surface area is 182 Å². The number of para-hydroxylation sites is 1. The van der Waals surface area contributed by atoms with E-state index in [1.807, 2.05) is 24.3 Å². The van der Waals surface area contributed by atoms with E-state index < -0.39 is 0 Å². The maximum absolute atomic E-state index is 12.7. The van der Waals surface area contributed by atoms with Crippen LogP contribution in [-0.4, -0.2) is 21.5 Å². The fourth-order valence-corrected chi connectivity index (χ4v) is 5.27. The van der Waals surface area contributed by atoms with E-state index in [9.17, 15) is 4.79 Å². The maximum atomic E-state index is 12.7. The smallest absolute Gasteiger partial charge is 0.208 e. The Morgan fingerprint density at radius 3 is 2.77 bits per heavy atom. The third-order valence-electron chi connectivity index (χ3n) is 5.19. The largest absolute Gasteiger partial charge is 0.453 e. The van der Waals surface area contributed by atoms with E-state index in [-0.39, 0.29) is 11.5 Å². The van der Waals surface area contributed by atoms with Gasteiger partial charge in [-0.25, -0.2) is 9.97 Å². The van der Waals surface area contributed by atoms with Crippen molar-refractivity contribution >= 4 is 50.1 Å². The van der Waals surface area contributed by atoms with Crippen LogP contribution in [0.5, 0.6) is 0 Å². The van der Waals surface area contributed by atoms with Crippen LogP contribution in [-0.2, 0) is 0 Å².